The van der Waals surface area contributed by atoms with Gasteiger partial charge in [0.1, 0.15) is 23.6 Å². The van der Waals surface area contributed by atoms with E-state index >= 15 is 0 Å². The number of ketones is 1. The van der Waals surface area contributed by atoms with Crippen molar-refractivity contribution in [2.45, 2.75) is 26.9 Å². The Morgan fingerprint density at radius 1 is 1.00 bits per heavy atom. The topological polar surface area (TPSA) is 93.2 Å². The summed E-state index contributed by atoms with van der Waals surface area (Å²) in [6, 6.07) is 15.7. The lowest BCUT2D eigenvalue weighted by Crippen LogP contribution is -2.14. The van der Waals surface area contributed by atoms with Gasteiger partial charge in [0.15, 0.2) is 5.78 Å². The summed E-state index contributed by atoms with van der Waals surface area (Å²) in [4.78, 5) is 32.1. The number of ether oxygens (including phenoxy) is 1. The third-order valence-electron chi connectivity index (χ3n) is 3.96. The maximum atomic E-state index is 12.5. The molecule has 0 aliphatic rings. The number of carbonyl (C=O) groups is 2. The number of rotatable bonds is 7. The van der Waals surface area contributed by atoms with Gasteiger partial charge in [0, 0.05) is 17.3 Å². The molecule has 3 aromatic rings. The molecule has 3 rings (SSSR count). The molecule has 0 fully saturated rings. The summed E-state index contributed by atoms with van der Waals surface area (Å²) in [5.74, 6) is 0.753. The second-order valence-corrected chi connectivity index (χ2v) is 6.66. The van der Waals surface area contributed by atoms with Crippen LogP contribution in [0.1, 0.15) is 41.6 Å². The van der Waals surface area contributed by atoms with E-state index in [-0.39, 0.29) is 23.5 Å². The summed E-state index contributed by atoms with van der Waals surface area (Å²) in [6.45, 7) is 5.40. The zero-order chi connectivity index (χ0) is 20.8. The number of carbonyl (C=O) groups excluding carboxylic acids is 2. The number of Topliss-reactive ketones (excluding diaryl/α,β-unsaturated/α-hetero) is 1. The zero-order valence-electron chi connectivity index (χ0n) is 16.5. The second-order valence-electron chi connectivity index (χ2n) is 6.66. The molecule has 148 valence electrons. The van der Waals surface area contributed by atoms with Gasteiger partial charge in [0.05, 0.1) is 11.8 Å². The third kappa shape index (κ3) is 5.38. The molecule has 7 heteroatoms. The van der Waals surface area contributed by atoms with Crippen LogP contribution in [0.3, 0.4) is 0 Å². The Kier molecular flexibility index (Phi) is 6.19. The van der Waals surface area contributed by atoms with Crippen LogP contribution in [0.4, 0.5) is 17.2 Å². The Morgan fingerprint density at radius 3 is 2.41 bits per heavy atom. The first kappa shape index (κ1) is 20.0. The summed E-state index contributed by atoms with van der Waals surface area (Å²) < 4.78 is 5.79. The first-order valence-corrected chi connectivity index (χ1v) is 9.19. The summed E-state index contributed by atoms with van der Waals surface area (Å²) in [5.41, 5.74) is 2.11. The standard InChI is InChI=1S/C22H22N4O3/c1-14(2)29-20-7-5-4-6-18(20)26-21-12-19(23-13-24-21)22(28)25-17-10-8-16(9-11-17)15(3)27/h4-14H,1-3H3,(H,25,28)(H,23,24,26). The van der Waals surface area contributed by atoms with Crippen molar-refractivity contribution < 1.29 is 14.3 Å². The number of aromatic nitrogens is 2. The number of hydrogen-bond donors (Lipinski definition) is 2. The summed E-state index contributed by atoms with van der Waals surface area (Å²) in [5, 5.41) is 5.92. The number of nitrogens with zero attached hydrogens (tertiary/aromatic N) is 2. The second kappa shape index (κ2) is 8.97. The van der Waals surface area contributed by atoms with E-state index in [0.717, 1.165) is 5.69 Å². The van der Waals surface area contributed by atoms with E-state index in [0.29, 0.717) is 22.8 Å². The lowest BCUT2D eigenvalue weighted by atomic mass is 10.1. The average molecular weight is 390 g/mol. The number of anilines is 3. The normalized spacial score (nSPS) is 10.5. The maximum Gasteiger partial charge on any atom is 0.274 e. The minimum Gasteiger partial charge on any atom is -0.489 e. The van der Waals surface area contributed by atoms with E-state index in [1.54, 1.807) is 30.3 Å². The van der Waals surface area contributed by atoms with Gasteiger partial charge in [-0.1, -0.05) is 12.1 Å². The molecule has 0 radical (unpaired) electrons. The molecule has 1 amide bonds. The highest BCUT2D eigenvalue weighted by atomic mass is 16.5. The molecule has 29 heavy (non-hydrogen) atoms. The Morgan fingerprint density at radius 2 is 1.72 bits per heavy atom. The van der Waals surface area contributed by atoms with E-state index in [4.69, 9.17) is 4.74 Å². The molecule has 0 aliphatic carbocycles. The van der Waals surface area contributed by atoms with E-state index in [9.17, 15) is 9.59 Å². The van der Waals surface area contributed by atoms with Gasteiger partial charge in [0.2, 0.25) is 0 Å². The van der Waals surface area contributed by atoms with Crippen molar-refractivity contribution in [3.63, 3.8) is 0 Å². The number of nitrogens with one attached hydrogen (secondary N) is 2. The van der Waals surface area contributed by atoms with Gasteiger partial charge in [-0.25, -0.2) is 9.97 Å². The highest BCUT2D eigenvalue weighted by Crippen LogP contribution is 2.27. The predicted octanol–water partition coefficient (Wildman–Crippen LogP) is 4.46. The van der Waals surface area contributed by atoms with Crippen LogP contribution in [0.15, 0.2) is 60.9 Å². The average Bonchev–Trinajstić information content (AvgIpc) is 2.70. The van der Waals surface area contributed by atoms with Crippen LogP contribution in [0.25, 0.3) is 0 Å². The molecule has 0 bridgehead atoms. The number of para-hydroxylation sites is 2. The first-order valence-electron chi connectivity index (χ1n) is 9.19. The molecule has 7 nitrogen and oxygen atoms in total. The van der Waals surface area contributed by atoms with Crippen molar-refractivity contribution in [2.24, 2.45) is 0 Å². The fourth-order valence-corrected chi connectivity index (χ4v) is 2.60. The van der Waals surface area contributed by atoms with Crippen molar-refractivity contribution >= 4 is 28.9 Å². The van der Waals surface area contributed by atoms with E-state index < -0.39 is 0 Å². The minimum atomic E-state index is -0.377. The first-order chi connectivity index (χ1) is 13.9. The number of hydrogen-bond acceptors (Lipinski definition) is 6. The van der Waals surface area contributed by atoms with Gasteiger partial charge in [-0.15, -0.1) is 0 Å². The van der Waals surface area contributed by atoms with Gasteiger partial charge in [-0.2, -0.15) is 0 Å². The van der Waals surface area contributed by atoms with Gasteiger partial charge >= 0.3 is 0 Å². The zero-order valence-corrected chi connectivity index (χ0v) is 16.5. The maximum absolute atomic E-state index is 12.5. The Labute approximate surface area is 169 Å². The molecule has 0 saturated heterocycles. The van der Waals surface area contributed by atoms with Crippen LogP contribution in [0, 0.1) is 0 Å². The van der Waals surface area contributed by atoms with Gasteiger partial charge in [-0.3, -0.25) is 9.59 Å². The van der Waals surface area contributed by atoms with Crippen molar-refractivity contribution in [3.8, 4) is 5.75 Å². The smallest absolute Gasteiger partial charge is 0.274 e. The van der Waals surface area contributed by atoms with Crippen LogP contribution in [0.5, 0.6) is 5.75 Å². The van der Waals surface area contributed by atoms with Gasteiger partial charge in [-0.05, 0) is 57.2 Å². The molecular weight excluding hydrogens is 368 g/mol. The Balaban J connectivity index is 1.74. The van der Waals surface area contributed by atoms with Crippen LogP contribution >= 0.6 is 0 Å². The quantitative estimate of drug-likeness (QED) is 0.579. The molecule has 1 aromatic heterocycles. The molecule has 2 aromatic carbocycles. The van der Waals surface area contributed by atoms with E-state index in [1.165, 1.54) is 13.3 Å². The van der Waals surface area contributed by atoms with Crippen LogP contribution < -0.4 is 15.4 Å². The highest BCUT2D eigenvalue weighted by Gasteiger charge is 2.11. The summed E-state index contributed by atoms with van der Waals surface area (Å²) >= 11 is 0. The molecule has 0 aliphatic heterocycles. The predicted molar refractivity (Wildman–Crippen MR) is 112 cm³/mol. The van der Waals surface area contributed by atoms with Gasteiger partial charge in [0.25, 0.3) is 5.91 Å². The molecule has 1 heterocycles. The van der Waals surface area contributed by atoms with Crippen molar-refractivity contribution in [1.82, 2.24) is 9.97 Å². The molecule has 0 spiro atoms. The molecule has 2 N–H and O–H groups in total. The van der Waals surface area contributed by atoms with Crippen molar-refractivity contribution in [3.05, 3.63) is 72.2 Å². The highest BCUT2D eigenvalue weighted by molar-refractivity contribution is 6.03. The lowest BCUT2D eigenvalue weighted by molar-refractivity contribution is 0.101. The number of amides is 1. The summed E-state index contributed by atoms with van der Waals surface area (Å²) in [6.07, 6.45) is 1.35. The SMILES string of the molecule is CC(=O)c1ccc(NC(=O)c2cc(Nc3ccccc3OC(C)C)ncn2)cc1. The van der Waals surface area contributed by atoms with Crippen LogP contribution in [-0.2, 0) is 0 Å². The van der Waals surface area contributed by atoms with Crippen LogP contribution in [-0.4, -0.2) is 27.8 Å². The van der Waals surface area contributed by atoms with Crippen LogP contribution in [0.2, 0.25) is 0 Å². The van der Waals surface area contributed by atoms with Gasteiger partial charge < -0.3 is 15.4 Å². The Bertz CT molecular complexity index is 1020. The minimum absolute atomic E-state index is 0.0269. The monoisotopic (exact) mass is 390 g/mol. The van der Waals surface area contributed by atoms with E-state index in [1.807, 2.05) is 38.1 Å². The van der Waals surface area contributed by atoms with Crippen molar-refractivity contribution in [1.29, 1.82) is 0 Å². The fraction of sp³-hybridized carbons (Fsp3) is 0.182. The fourth-order valence-electron chi connectivity index (χ4n) is 2.60. The summed E-state index contributed by atoms with van der Waals surface area (Å²) in [7, 11) is 0. The lowest BCUT2D eigenvalue weighted by Gasteiger charge is -2.15. The third-order valence-corrected chi connectivity index (χ3v) is 3.96. The Hall–Kier alpha value is -3.74. The largest absolute Gasteiger partial charge is 0.489 e. The number of benzene rings is 2. The molecule has 0 saturated carbocycles. The molecule has 0 unspecified atom stereocenters. The van der Waals surface area contributed by atoms with Crippen molar-refractivity contribution in [2.75, 3.05) is 10.6 Å². The molecule has 0 atom stereocenters. The molecular formula is C22H22N4O3. The van der Waals surface area contributed by atoms with E-state index in [2.05, 4.69) is 20.6 Å².